The van der Waals surface area contributed by atoms with E-state index in [-0.39, 0.29) is 5.41 Å². The van der Waals surface area contributed by atoms with E-state index in [1.807, 2.05) is 0 Å². The van der Waals surface area contributed by atoms with Crippen LogP contribution in [0.1, 0.15) is 37.7 Å². The number of rotatable bonds is 1. The Bertz CT molecular complexity index is 446. The fourth-order valence-electron chi connectivity index (χ4n) is 3.27. The summed E-state index contributed by atoms with van der Waals surface area (Å²) in [6, 6.07) is 10.7. The zero-order chi connectivity index (χ0) is 11.7. The van der Waals surface area contributed by atoms with Crippen LogP contribution in [0.5, 0.6) is 0 Å². The minimum Gasteiger partial charge on any atom is -0.300 e. The molecule has 3 rings (SSSR count). The molecule has 88 valence electrons. The van der Waals surface area contributed by atoms with Gasteiger partial charge in [-0.3, -0.25) is 4.79 Å². The second-order valence-corrected chi connectivity index (χ2v) is 5.42. The normalized spacial score (nSPS) is 32.2. The standard InChI is InChI=1S/C16H18O/c17-15-7-6-13-8-10-16(12-13,11-9-15)14-4-2-1-3-5-14/h1-5,8,10,13H,6-7,9,11-12H2/t13-,16+/m1/s1. The quantitative estimate of drug-likeness (QED) is 0.668. The molecule has 17 heavy (non-hydrogen) atoms. The summed E-state index contributed by atoms with van der Waals surface area (Å²) in [7, 11) is 0. The van der Waals surface area contributed by atoms with Gasteiger partial charge in [0, 0.05) is 18.3 Å². The van der Waals surface area contributed by atoms with Gasteiger partial charge >= 0.3 is 0 Å². The molecule has 0 radical (unpaired) electrons. The average Bonchev–Trinajstić information content (AvgIpc) is 2.80. The number of hydrogen-bond acceptors (Lipinski definition) is 1. The van der Waals surface area contributed by atoms with Crippen molar-refractivity contribution in [3.05, 3.63) is 48.0 Å². The monoisotopic (exact) mass is 226 g/mol. The van der Waals surface area contributed by atoms with Gasteiger partial charge in [-0.05, 0) is 30.7 Å². The van der Waals surface area contributed by atoms with Crippen molar-refractivity contribution < 1.29 is 4.79 Å². The number of Topliss-reactive ketones (excluding diaryl/α,β-unsaturated/α-hetero) is 1. The number of carbonyl (C=O) groups is 1. The lowest BCUT2D eigenvalue weighted by molar-refractivity contribution is -0.119. The highest BCUT2D eigenvalue weighted by atomic mass is 16.1. The van der Waals surface area contributed by atoms with Crippen LogP contribution in [0.25, 0.3) is 0 Å². The molecule has 0 amide bonds. The Morgan fingerprint density at radius 2 is 1.94 bits per heavy atom. The predicted octanol–water partition coefficient (Wildman–Crippen LogP) is 3.64. The van der Waals surface area contributed by atoms with Crippen LogP contribution in [-0.4, -0.2) is 5.78 Å². The maximum atomic E-state index is 11.7. The number of hydrogen-bond donors (Lipinski definition) is 0. The molecule has 1 saturated carbocycles. The van der Waals surface area contributed by atoms with Gasteiger partial charge in [0.25, 0.3) is 0 Å². The van der Waals surface area contributed by atoms with Gasteiger partial charge in [0.2, 0.25) is 0 Å². The van der Waals surface area contributed by atoms with Crippen molar-refractivity contribution in [3.63, 3.8) is 0 Å². The van der Waals surface area contributed by atoms with E-state index in [0.29, 0.717) is 11.7 Å². The summed E-state index contributed by atoms with van der Waals surface area (Å²) in [5, 5.41) is 0. The maximum Gasteiger partial charge on any atom is 0.132 e. The average molecular weight is 226 g/mol. The number of carbonyl (C=O) groups excluding carboxylic acids is 1. The Hall–Kier alpha value is -1.37. The van der Waals surface area contributed by atoms with Gasteiger partial charge in [-0.15, -0.1) is 0 Å². The van der Waals surface area contributed by atoms with Crippen LogP contribution in [-0.2, 0) is 10.2 Å². The van der Waals surface area contributed by atoms with Crippen molar-refractivity contribution >= 4 is 5.78 Å². The minimum atomic E-state index is 0.141. The SMILES string of the molecule is O=C1CC[C@@H]2C=C[C@](c3ccccc3)(CC1)C2. The van der Waals surface area contributed by atoms with Crippen LogP contribution in [0.3, 0.4) is 0 Å². The Morgan fingerprint density at radius 3 is 2.76 bits per heavy atom. The molecule has 0 N–H and O–H groups in total. The Morgan fingerprint density at radius 1 is 1.12 bits per heavy atom. The number of allylic oxidation sites excluding steroid dienone is 2. The number of fused-ring (bicyclic) bond motifs is 2. The van der Waals surface area contributed by atoms with Gasteiger partial charge < -0.3 is 0 Å². The smallest absolute Gasteiger partial charge is 0.132 e. The molecule has 1 fully saturated rings. The molecule has 2 aliphatic carbocycles. The van der Waals surface area contributed by atoms with Crippen LogP contribution in [0.2, 0.25) is 0 Å². The van der Waals surface area contributed by atoms with E-state index in [0.717, 1.165) is 25.7 Å². The highest BCUT2D eigenvalue weighted by Crippen LogP contribution is 2.45. The molecule has 2 aliphatic rings. The first kappa shape index (κ1) is 10.8. The summed E-state index contributed by atoms with van der Waals surface area (Å²) in [6.07, 6.45) is 9.46. The van der Waals surface area contributed by atoms with Crippen molar-refractivity contribution in [2.24, 2.45) is 5.92 Å². The van der Waals surface area contributed by atoms with E-state index in [9.17, 15) is 4.79 Å². The third-order valence-electron chi connectivity index (χ3n) is 4.31. The summed E-state index contributed by atoms with van der Waals surface area (Å²) in [5.74, 6) is 1.05. The summed E-state index contributed by atoms with van der Waals surface area (Å²) >= 11 is 0. The molecule has 0 aromatic heterocycles. The van der Waals surface area contributed by atoms with E-state index in [2.05, 4.69) is 42.5 Å². The van der Waals surface area contributed by atoms with Crippen molar-refractivity contribution in [2.75, 3.05) is 0 Å². The lowest BCUT2D eigenvalue weighted by atomic mass is 9.72. The highest BCUT2D eigenvalue weighted by Gasteiger charge is 2.37. The zero-order valence-corrected chi connectivity index (χ0v) is 10.1. The third kappa shape index (κ3) is 1.95. The van der Waals surface area contributed by atoms with Crippen molar-refractivity contribution in [1.29, 1.82) is 0 Å². The summed E-state index contributed by atoms with van der Waals surface area (Å²) < 4.78 is 0. The minimum absolute atomic E-state index is 0.141. The predicted molar refractivity (Wildman–Crippen MR) is 68.8 cm³/mol. The molecule has 1 aromatic rings. The largest absolute Gasteiger partial charge is 0.300 e. The molecule has 2 bridgehead atoms. The second kappa shape index (κ2) is 4.14. The molecule has 0 spiro atoms. The molecule has 0 aliphatic heterocycles. The Labute approximate surface area is 103 Å². The van der Waals surface area contributed by atoms with E-state index in [1.54, 1.807) is 0 Å². The van der Waals surface area contributed by atoms with Gasteiger partial charge in [0.15, 0.2) is 0 Å². The highest BCUT2D eigenvalue weighted by molar-refractivity contribution is 5.78. The summed E-state index contributed by atoms with van der Waals surface area (Å²) in [4.78, 5) is 11.7. The van der Waals surface area contributed by atoms with Gasteiger partial charge in [-0.1, -0.05) is 42.5 Å². The van der Waals surface area contributed by atoms with E-state index >= 15 is 0 Å². The lowest BCUT2D eigenvalue weighted by Crippen LogP contribution is -2.25. The fraction of sp³-hybridized carbons (Fsp3) is 0.438. The topological polar surface area (TPSA) is 17.1 Å². The molecule has 2 atom stereocenters. The molecule has 0 unspecified atom stereocenters. The molecular formula is C16H18O. The van der Waals surface area contributed by atoms with E-state index in [1.165, 1.54) is 12.0 Å². The lowest BCUT2D eigenvalue weighted by Gasteiger charge is -2.31. The molecule has 1 heteroatoms. The first-order valence-electron chi connectivity index (χ1n) is 6.55. The van der Waals surface area contributed by atoms with Gasteiger partial charge in [0.1, 0.15) is 5.78 Å². The molecule has 0 heterocycles. The first-order chi connectivity index (χ1) is 8.28. The fourth-order valence-corrected chi connectivity index (χ4v) is 3.27. The van der Waals surface area contributed by atoms with Crippen LogP contribution in [0.4, 0.5) is 0 Å². The van der Waals surface area contributed by atoms with Gasteiger partial charge in [0.05, 0.1) is 0 Å². The van der Waals surface area contributed by atoms with Crippen LogP contribution >= 0.6 is 0 Å². The van der Waals surface area contributed by atoms with E-state index < -0.39 is 0 Å². The van der Waals surface area contributed by atoms with Crippen molar-refractivity contribution in [1.82, 2.24) is 0 Å². The first-order valence-corrected chi connectivity index (χ1v) is 6.55. The van der Waals surface area contributed by atoms with E-state index in [4.69, 9.17) is 0 Å². The maximum absolute atomic E-state index is 11.7. The summed E-state index contributed by atoms with van der Waals surface area (Å²) in [5.41, 5.74) is 1.52. The van der Waals surface area contributed by atoms with Crippen LogP contribution in [0.15, 0.2) is 42.5 Å². The Kier molecular flexibility index (Phi) is 2.62. The van der Waals surface area contributed by atoms with Crippen LogP contribution in [0, 0.1) is 5.92 Å². The molecule has 1 nitrogen and oxygen atoms in total. The van der Waals surface area contributed by atoms with Crippen LogP contribution < -0.4 is 0 Å². The Balaban J connectivity index is 1.95. The van der Waals surface area contributed by atoms with Gasteiger partial charge in [-0.25, -0.2) is 0 Å². The second-order valence-electron chi connectivity index (χ2n) is 5.42. The number of ketones is 1. The molecular weight excluding hydrogens is 208 g/mol. The summed E-state index contributed by atoms with van der Waals surface area (Å²) in [6.45, 7) is 0. The van der Waals surface area contributed by atoms with Crippen molar-refractivity contribution in [3.8, 4) is 0 Å². The molecule has 1 aromatic carbocycles. The zero-order valence-electron chi connectivity index (χ0n) is 10.1. The molecule has 0 saturated heterocycles. The van der Waals surface area contributed by atoms with Crippen molar-refractivity contribution in [2.45, 2.75) is 37.5 Å². The third-order valence-corrected chi connectivity index (χ3v) is 4.31. The number of benzene rings is 1. The van der Waals surface area contributed by atoms with Gasteiger partial charge in [-0.2, -0.15) is 0 Å².